The quantitative estimate of drug-likeness (QED) is 0.814. The number of halogens is 2. The van der Waals surface area contributed by atoms with Gasteiger partial charge in [0.15, 0.2) is 0 Å². The predicted octanol–water partition coefficient (Wildman–Crippen LogP) is 5.06. The highest BCUT2D eigenvalue weighted by Crippen LogP contribution is 2.25. The number of hydrogen-bond donors (Lipinski definition) is 1. The van der Waals surface area contributed by atoms with E-state index in [1.807, 2.05) is 25.2 Å². The number of likely N-dealkylation sites (N-methyl/N-ethyl adjacent to an activating group) is 1. The summed E-state index contributed by atoms with van der Waals surface area (Å²) in [6, 6.07) is 14.9. The Bertz CT molecular complexity index is 564. The second kappa shape index (κ2) is 7.12. The molecule has 0 heterocycles. The average Bonchev–Trinajstić information content (AvgIpc) is 2.48. The van der Waals surface area contributed by atoms with Crippen molar-refractivity contribution < 1.29 is 0 Å². The molecule has 0 bridgehead atoms. The van der Waals surface area contributed by atoms with E-state index < -0.39 is 0 Å². The third kappa shape index (κ3) is 3.76. The van der Waals surface area contributed by atoms with Gasteiger partial charge in [-0.15, -0.1) is 0 Å². The Labute approximate surface area is 130 Å². The van der Waals surface area contributed by atoms with Gasteiger partial charge in [0.1, 0.15) is 0 Å². The normalized spacial score (nSPS) is 12.4. The van der Waals surface area contributed by atoms with Gasteiger partial charge in [-0.25, -0.2) is 0 Å². The highest BCUT2D eigenvalue weighted by molar-refractivity contribution is 6.42. The zero-order valence-electron chi connectivity index (χ0n) is 11.8. The summed E-state index contributed by atoms with van der Waals surface area (Å²) in [5.41, 5.74) is 3.83. The fourth-order valence-corrected chi connectivity index (χ4v) is 2.60. The molecule has 0 aliphatic rings. The molecule has 0 aliphatic heterocycles. The van der Waals surface area contributed by atoms with Gasteiger partial charge in [-0.2, -0.15) is 0 Å². The fourth-order valence-electron chi connectivity index (χ4n) is 2.27. The molecule has 0 saturated carbocycles. The third-order valence-electron chi connectivity index (χ3n) is 3.56. The maximum atomic E-state index is 6.07. The van der Waals surface area contributed by atoms with E-state index in [1.54, 1.807) is 0 Å². The van der Waals surface area contributed by atoms with Gasteiger partial charge in [-0.1, -0.05) is 60.5 Å². The van der Waals surface area contributed by atoms with E-state index in [0.717, 1.165) is 12.8 Å². The highest BCUT2D eigenvalue weighted by atomic mass is 35.5. The molecule has 2 aromatic carbocycles. The van der Waals surface area contributed by atoms with Crippen molar-refractivity contribution in [1.29, 1.82) is 0 Å². The van der Waals surface area contributed by atoms with Gasteiger partial charge in [0, 0.05) is 6.04 Å². The van der Waals surface area contributed by atoms with E-state index in [2.05, 4.69) is 36.5 Å². The van der Waals surface area contributed by atoms with Crippen LogP contribution >= 0.6 is 23.2 Å². The second-order valence-electron chi connectivity index (χ2n) is 4.89. The smallest absolute Gasteiger partial charge is 0.0595 e. The molecule has 2 rings (SSSR count). The minimum absolute atomic E-state index is 0.276. The predicted molar refractivity (Wildman–Crippen MR) is 87.8 cm³/mol. The maximum Gasteiger partial charge on any atom is 0.0595 e. The molecule has 0 spiro atoms. The number of benzene rings is 2. The van der Waals surface area contributed by atoms with Crippen LogP contribution in [-0.2, 0) is 12.8 Å². The van der Waals surface area contributed by atoms with E-state index in [4.69, 9.17) is 23.2 Å². The van der Waals surface area contributed by atoms with Crippen LogP contribution in [0.4, 0.5) is 0 Å². The van der Waals surface area contributed by atoms with Crippen LogP contribution in [0.1, 0.15) is 29.7 Å². The first-order valence-electron chi connectivity index (χ1n) is 6.84. The van der Waals surface area contributed by atoms with Gasteiger partial charge < -0.3 is 5.32 Å². The molecule has 0 radical (unpaired) electrons. The number of nitrogens with one attached hydrogen (secondary N) is 1. The van der Waals surface area contributed by atoms with Crippen LogP contribution in [0.3, 0.4) is 0 Å². The van der Waals surface area contributed by atoms with Crippen molar-refractivity contribution in [1.82, 2.24) is 5.32 Å². The maximum absolute atomic E-state index is 6.07. The fraction of sp³-hybridized carbons (Fsp3) is 0.294. The number of aryl methyl sites for hydroxylation is 1. The lowest BCUT2D eigenvalue weighted by molar-refractivity contribution is 0.592. The molecule has 1 N–H and O–H groups in total. The molecular formula is C17H19Cl2N. The second-order valence-corrected chi connectivity index (χ2v) is 5.70. The Morgan fingerprint density at radius 3 is 2.15 bits per heavy atom. The average molecular weight is 308 g/mol. The minimum Gasteiger partial charge on any atom is -0.313 e. The van der Waals surface area contributed by atoms with Crippen molar-refractivity contribution in [2.24, 2.45) is 0 Å². The van der Waals surface area contributed by atoms with Crippen LogP contribution in [0, 0.1) is 0 Å². The van der Waals surface area contributed by atoms with E-state index in [9.17, 15) is 0 Å². The third-order valence-corrected chi connectivity index (χ3v) is 4.30. The summed E-state index contributed by atoms with van der Waals surface area (Å²) in [6.07, 6.45) is 1.95. The monoisotopic (exact) mass is 307 g/mol. The number of hydrogen-bond acceptors (Lipinski definition) is 1. The molecular weight excluding hydrogens is 289 g/mol. The topological polar surface area (TPSA) is 12.0 Å². The lowest BCUT2D eigenvalue weighted by atomic mass is 9.98. The van der Waals surface area contributed by atoms with Crippen LogP contribution in [0.2, 0.25) is 10.0 Å². The summed E-state index contributed by atoms with van der Waals surface area (Å²) in [5, 5.41) is 4.57. The standard InChI is InChI=1S/C17H19Cl2N/c1-3-12-4-7-14(8-5-12)17(20-2)11-13-6-9-15(18)16(19)10-13/h4-10,17,20H,3,11H2,1-2H3. The molecule has 20 heavy (non-hydrogen) atoms. The Hall–Kier alpha value is -1.02. The Balaban J connectivity index is 2.16. The molecule has 0 aromatic heterocycles. The van der Waals surface area contributed by atoms with Crippen molar-refractivity contribution in [3.05, 3.63) is 69.2 Å². The van der Waals surface area contributed by atoms with Gasteiger partial charge in [0.05, 0.1) is 10.0 Å². The first kappa shape index (κ1) is 15.4. The molecule has 3 heteroatoms. The molecule has 0 aliphatic carbocycles. The van der Waals surface area contributed by atoms with Crippen molar-refractivity contribution in [3.63, 3.8) is 0 Å². The molecule has 1 nitrogen and oxygen atoms in total. The Morgan fingerprint density at radius 1 is 0.950 bits per heavy atom. The lowest BCUT2D eigenvalue weighted by Gasteiger charge is -2.17. The summed E-state index contributed by atoms with van der Waals surface area (Å²) in [7, 11) is 1.98. The van der Waals surface area contributed by atoms with E-state index in [0.29, 0.717) is 10.0 Å². The summed E-state index contributed by atoms with van der Waals surface area (Å²) in [4.78, 5) is 0. The van der Waals surface area contributed by atoms with Gasteiger partial charge in [0.2, 0.25) is 0 Å². The van der Waals surface area contributed by atoms with Crippen LogP contribution in [0.5, 0.6) is 0 Å². The molecule has 0 saturated heterocycles. The van der Waals surface area contributed by atoms with E-state index >= 15 is 0 Å². The van der Waals surface area contributed by atoms with Crippen molar-refractivity contribution in [3.8, 4) is 0 Å². The molecule has 0 amide bonds. The van der Waals surface area contributed by atoms with Gasteiger partial charge in [0.25, 0.3) is 0 Å². The van der Waals surface area contributed by atoms with Gasteiger partial charge in [-0.05, 0) is 48.7 Å². The van der Waals surface area contributed by atoms with Crippen LogP contribution in [-0.4, -0.2) is 7.05 Å². The summed E-state index contributed by atoms with van der Waals surface area (Å²) in [5.74, 6) is 0. The highest BCUT2D eigenvalue weighted by Gasteiger charge is 2.11. The van der Waals surface area contributed by atoms with Gasteiger partial charge in [-0.3, -0.25) is 0 Å². The van der Waals surface area contributed by atoms with E-state index in [1.165, 1.54) is 16.7 Å². The largest absolute Gasteiger partial charge is 0.313 e. The van der Waals surface area contributed by atoms with E-state index in [-0.39, 0.29) is 6.04 Å². The van der Waals surface area contributed by atoms with Crippen LogP contribution < -0.4 is 5.32 Å². The van der Waals surface area contributed by atoms with Crippen molar-refractivity contribution in [2.45, 2.75) is 25.8 Å². The molecule has 1 unspecified atom stereocenters. The van der Waals surface area contributed by atoms with Gasteiger partial charge >= 0.3 is 0 Å². The molecule has 1 atom stereocenters. The molecule has 0 fully saturated rings. The number of rotatable bonds is 5. The molecule has 2 aromatic rings. The zero-order valence-corrected chi connectivity index (χ0v) is 13.3. The lowest BCUT2D eigenvalue weighted by Crippen LogP contribution is -2.18. The summed E-state index contributed by atoms with van der Waals surface area (Å²) in [6.45, 7) is 2.17. The zero-order chi connectivity index (χ0) is 14.5. The minimum atomic E-state index is 0.276. The summed E-state index contributed by atoms with van der Waals surface area (Å²) >= 11 is 12.0. The molecule has 106 valence electrons. The van der Waals surface area contributed by atoms with Crippen LogP contribution in [0.15, 0.2) is 42.5 Å². The summed E-state index contributed by atoms with van der Waals surface area (Å²) < 4.78 is 0. The Kier molecular flexibility index (Phi) is 5.47. The first-order valence-corrected chi connectivity index (χ1v) is 7.59. The first-order chi connectivity index (χ1) is 9.63. The van der Waals surface area contributed by atoms with Crippen LogP contribution in [0.25, 0.3) is 0 Å². The van der Waals surface area contributed by atoms with Crippen molar-refractivity contribution in [2.75, 3.05) is 7.05 Å². The SMILES string of the molecule is CCc1ccc(C(Cc2ccc(Cl)c(Cl)c2)NC)cc1. The Morgan fingerprint density at radius 2 is 1.60 bits per heavy atom. The van der Waals surface area contributed by atoms with Crippen molar-refractivity contribution >= 4 is 23.2 Å².